The number of amides is 2. The molecule has 2 aromatic rings. The quantitative estimate of drug-likeness (QED) is 0.624. The summed E-state index contributed by atoms with van der Waals surface area (Å²) in [6, 6.07) is 12.6. The molecular formula is C22H28ClN3O2. The molecule has 6 heteroatoms. The molecule has 2 aromatic carbocycles. The van der Waals surface area contributed by atoms with Crippen molar-refractivity contribution in [3.8, 4) is 0 Å². The Morgan fingerprint density at radius 2 is 1.57 bits per heavy atom. The third kappa shape index (κ3) is 6.27. The van der Waals surface area contributed by atoms with E-state index in [-0.39, 0.29) is 18.4 Å². The van der Waals surface area contributed by atoms with Crippen molar-refractivity contribution < 1.29 is 9.59 Å². The van der Waals surface area contributed by atoms with E-state index in [9.17, 15) is 9.59 Å². The van der Waals surface area contributed by atoms with Gasteiger partial charge >= 0.3 is 0 Å². The Hall–Kier alpha value is -2.53. The number of hydrogen-bond acceptors (Lipinski definition) is 3. The summed E-state index contributed by atoms with van der Waals surface area (Å²) in [4.78, 5) is 26.6. The molecule has 0 fully saturated rings. The largest absolute Gasteiger partial charge is 0.376 e. The van der Waals surface area contributed by atoms with E-state index >= 15 is 0 Å². The van der Waals surface area contributed by atoms with Crippen LogP contribution >= 0.6 is 11.6 Å². The van der Waals surface area contributed by atoms with Gasteiger partial charge in [-0.25, -0.2) is 0 Å². The zero-order chi connectivity index (χ0) is 20.5. The van der Waals surface area contributed by atoms with Gasteiger partial charge in [-0.15, -0.1) is 0 Å². The van der Waals surface area contributed by atoms with Gasteiger partial charge in [0.05, 0.1) is 6.54 Å². The summed E-state index contributed by atoms with van der Waals surface area (Å²) in [7, 11) is 0. The van der Waals surface area contributed by atoms with Crippen molar-refractivity contribution >= 4 is 34.8 Å². The number of hydrogen-bond donors (Lipinski definition) is 2. The number of benzene rings is 2. The van der Waals surface area contributed by atoms with Crippen LogP contribution in [0.1, 0.15) is 42.6 Å². The maximum Gasteiger partial charge on any atom is 0.253 e. The van der Waals surface area contributed by atoms with Crippen molar-refractivity contribution in [2.24, 2.45) is 0 Å². The smallest absolute Gasteiger partial charge is 0.253 e. The highest BCUT2D eigenvalue weighted by atomic mass is 35.5. The molecule has 0 unspecified atom stereocenters. The fourth-order valence-electron chi connectivity index (χ4n) is 2.82. The minimum atomic E-state index is -0.172. The van der Waals surface area contributed by atoms with E-state index in [1.165, 1.54) is 0 Å². The Morgan fingerprint density at radius 1 is 0.964 bits per heavy atom. The lowest BCUT2D eigenvalue weighted by molar-refractivity contribution is -0.114. The molecule has 0 aliphatic carbocycles. The molecule has 0 spiro atoms. The van der Waals surface area contributed by atoms with E-state index in [0.717, 1.165) is 37.2 Å². The molecule has 0 aliphatic heterocycles. The predicted octanol–water partition coefficient (Wildman–Crippen LogP) is 4.96. The van der Waals surface area contributed by atoms with E-state index in [1.807, 2.05) is 24.0 Å². The summed E-state index contributed by atoms with van der Waals surface area (Å²) in [5.74, 6) is -0.145. The highest BCUT2D eigenvalue weighted by molar-refractivity contribution is 6.31. The molecule has 0 aromatic heterocycles. The lowest BCUT2D eigenvalue weighted by Crippen LogP contribution is -2.32. The van der Waals surface area contributed by atoms with Crippen LogP contribution in [-0.2, 0) is 4.79 Å². The number of halogens is 1. The Labute approximate surface area is 172 Å². The second kappa shape index (κ2) is 10.7. The van der Waals surface area contributed by atoms with Gasteiger partial charge in [0.2, 0.25) is 5.91 Å². The van der Waals surface area contributed by atoms with Crippen LogP contribution in [0.3, 0.4) is 0 Å². The monoisotopic (exact) mass is 401 g/mol. The summed E-state index contributed by atoms with van der Waals surface area (Å²) >= 11 is 6.09. The van der Waals surface area contributed by atoms with Gasteiger partial charge in [0.25, 0.3) is 5.91 Å². The first-order chi connectivity index (χ1) is 13.4. The average Bonchev–Trinajstić information content (AvgIpc) is 2.69. The van der Waals surface area contributed by atoms with E-state index < -0.39 is 0 Å². The van der Waals surface area contributed by atoms with Gasteiger partial charge in [-0.1, -0.05) is 31.5 Å². The Kier molecular flexibility index (Phi) is 8.33. The maximum atomic E-state index is 12.6. The van der Waals surface area contributed by atoms with Crippen LogP contribution in [-0.4, -0.2) is 36.3 Å². The van der Waals surface area contributed by atoms with Crippen molar-refractivity contribution in [2.75, 3.05) is 30.3 Å². The molecule has 2 N–H and O–H groups in total. The van der Waals surface area contributed by atoms with Crippen molar-refractivity contribution in [3.05, 3.63) is 58.6 Å². The molecule has 0 aliphatic rings. The fourth-order valence-corrected chi connectivity index (χ4v) is 3.00. The second-order valence-corrected chi connectivity index (χ2v) is 7.14. The molecule has 2 rings (SSSR count). The lowest BCUT2D eigenvalue weighted by atomic mass is 10.1. The SMILES string of the molecule is CCCN(CCC)C(=O)c1ccc(NC(=O)CNc2ccc(C)c(Cl)c2)cc1. The van der Waals surface area contributed by atoms with Crippen LogP contribution in [0.25, 0.3) is 0 Å². The molecule has 0 saturated carbocycles. The zero-order valence-electron chi connectivity index (χ0n) is 16.7. The summed E-state index contributed by atoms with van der Waals surface area (Å²) in [5.41, 5.74) is 3.07. The van der Waals surface area contributed by atoms with E-state index in [4.69, 9.17) is 11.6 Å². The zero-order valence-corrected chi connectivity index (χ0v) is 17.5. The minimum Gasteiger partial charge on any atom is -0.376 e. The molecule has 0 radical (unpaired) electrons. The van der Waals surface area contributed by atoms with Crippen LogP contribution in [0, 0.1) is 6.92 Å². The van der Waals surface area contributed by atoms with Gasteiger partial charge in [-0.05, 0) is 61.7 Å². The number of carbonyl (C=O) groups excluding carboxylic acids is 2. The second-order valence-electron chi connectivity index (χ2n) is 6.74. The predicted molar refractivity (Wildman–Crippen MR) is 116 cm³/mol. The molecule has 150 valence electrons. The third-order valence-electron chi connectivity index (χ3n) is 4.31. The van der Waals surface area contributed by atoms with E-state index in [2.05, 4.69) is 24.5 Å². The first-order valence-corrected chi connectivity index (χ1v) is 10.0. The average molecular weight is 402 g/mol. The Bertz CT molecular complexity index is 800. The molecule has 5 nitrogen and oxygen atoms in total. The topological polar surface area (TPSA) is 61.4 Å². The van der Waals surface area contributed by atoms with Crippen LogP contribution < -0.4 is 10.6 Å². The van der Waals surface area contributed by atoms with Crippen molar-refractivity contribution in [1.82, 2.24) is 4.90 Å². The van der Waals surface area contributed by atoms with E-state index in [0.29, 0.717) is 16.3 Å². The molecule has 28 heavy (non-hydrogen) atoms. The maximum absolute atomic E-state index is 12.6. The number of nitrogens with one attached hydrogen (secondary N) is 2. The van der Waals surface area contributed by atoms with Gasteiger partial charge in [0, 0.05) is 35.1 Å². The Balaban J connectivity index is 1.91. The highest BCUT2D eigenvalue weighted by Gasteiger charge is 2.14. The normalized spacial score (nSPS) is 10.4. The molecular weight excluding hydrogens is 374 g/mol. The lowest BCUT2D eigenvalue weighted by Gasteiger charge is -2.21. The van der Waals surface area contributed by atoms with Gasteiger partial charge in [-0.3, -0.25) is 9.59 Å². The fraction of sp³-hybridized carbons (Fsp3) is 0.364. The molecule has 0 atom stereocenters. The number of anilines is 2. The van der Waals surface area contributed by atoms with Crippen LogP contribution in [0.4, 0.5) is 11.4 Å². The number of aryl methyl sites for hydroxylation is 1. The highest BCUT2D eigenvalue weighted by Crippen LogP contribution is 2.19. The number of carbonyl (C=O) groups is 2. The first-order valence-electron chi connectivity index (χ1n) is 9.63. The van der Waals surface area contributed by atoms with Gasteiger partial charge in [0.15, 0.2) is 0 Å². The molecule has 0 saturated heterocycles. The van der Waals surface area contributed by atoms with Crippen molar-refractivity contribution in [2.45, 2.75) is 33.6 Å². The van der Waals surface area contributed by atoms with Crippen LogP contribution in [0.5, 0.6) is 0 Å². The third-order valence-corrected chi connectivity index (χ3v) is 4.72. The van der Waals surface area contributed by atoms with Crippen molar-refractivity contribution in [1.29, 1.82) is 0 Å². The number of nitrogens with zero attached hydrogens (tertiary/aromatic N) is 1. The number of rotatable bonds is 9. The summed E-state index contributed by atoms with van der Waals surface area (Å²) in [6.45, 7) is 7.68. The van der Waals surface area contributed by atoms with Crippen LogP contribution in [0.15, 0.2) is 42.5 Å². The molecule has 2 amide bonds. The molecule has 0 heterocycles. The standard InChI is InChI=1S/C22H28ClN3O2/c1-4-12-26(13-5-2)22(28)17-7-10-18(11-8-17)25-21(27)15-24-19-9-6-16(3)20(23)14-19/h6-11,14,24H,4-5,12-13,15H2,1-3H3,(H,25,27). The minimum absolute atomic E-state index is 0.0273. The first kappa shape index (κ1) is 21.8. The van der Waals surface area contributed by atoms with Crippen molar-refractivity contribution in [3.63, 3.8) is 0 Å². The Morgan fingerprint density at radius 3 is 2.14 bits per heavy atom. The van der Waals surface area contributed by atoms with Gasteiger partial charge < -0.3 is 15.5 Å². The molecule has 0 bridgehead atoms. The summed E-state index contributed by atoms with van der Waals surface area (Å²) in [5, 5.41) is 6.53. The summed E-state index contributed by atoms with van der Waals surface area (Å²) < 4.78 is 0. The van der Waals surface area contributed by atoms with Gasteiger partial charge in [0.1, 0.15) is 0 Å². The van der Waals surface area contributed by atoms with Gasteiger partial charge in [-0.2, -0.15) is 0 Å². The van der Waals surface area contributed by atoms with E-state index in [1.54, 1.807) is 30.3 Å². The summed E-state index contributed by atoms with van der Waals surface area (Å²) in [6.07, 6.45) is 1.86. The van der Waals surface area contributed by atoms with Crippen LogP contribution in [0.2, 0.25) is 5.02 Å².